The molecule has 9 heteroatoms. The van der Waals surface area contributed by atoms with Crippen molar-refractivity contribution in [3.63, 3.8) is 0 Å². The number of aryl methyl sites for hydroxylation is 1. The molecule has 1 aliphatic rings. The molecule has 0 bridgehead atoms. The van der Waals surface area contributed by atoms with Crippen LogP contribution in [0, 0.1) is 0 Å². The van der Waals surface area contributed by atoms with Gasteiger partial charge < -0.3 is 19.1 Å². The van der Waals surface area contributed by atoms with Gasteiger partial charge in [-0.1, -0.05) is 53.7 Å². The molecule has 4 aromatic rings. The molecule has 5 rings (SSSR count). The van der Waals surface area contributed by atoms with Crippen LogP contribution in [-0.4, -0.2) is 30.6 Å². The molecule has 2 heterocycles. The molecule has 2 N–H and O–H groups in total. The van der Waals surface area contributed by atoms with Crippen LogP contribution in [0.4, 0.5) is 4.79 Å². The van der Waals surface area contributed by atoms with Crippen molar-refractivity contribution >= 4 is 33.9 Å². The molecule has 1 unspecified atom stereocenters. The van der Waals surface area contributed by atoms with Crippen LogP contribution >= 0.6 is 11.8 Å². The molecule has 2 amide bonds. The standard InChI is InChI=1S/C34H39N3O5S/c1-32(2,3)24-15-23(16-25(29(24)38)33(4,5)6)42-22-13-14-26-27(17-22)37(8)28(35-26)19-41-21-11-9-20(10-12-21)18-34(7)30(39)36-31(40)43-34/h9-17,38H,18-19H2,1-8H3,(H,36,39,40). The van der Waals surface area contributed by atoms with Crippen molar-refractivity contribution in [3.05, 3.63) is 77.1 Å². The lowest BCUT2D eigenvalue weighted by atomic mass is 9.79. The third-order valence-corrected chi connectivity index (χ3v) is 8.79. The normalized spacial score (nSPS) is 17.4. The van der Waals surface area contributed by atoms with E-state index in [-0.39, 0.29) is 28.6 Å². The fraction of sp³-hybridized carbons (Fsp3) is 0.382. The van der Waals surface area contributed by atoms with Gasteiger partial charge in [0.15, 0.2) is 0 Å². The van der Waals surface area contributed by atoms with E-state index in [0.717, 1.165) is 45.3 Å². The number of phenolic OH excluding ortho intramolecular Hbond substituents is 1. The van der Waals surface area contributed by atoms with E-state index in [9.17, 15) is 14.7 Å². The quantitative estimate of drug-likeness (QED) is 0.226. The molecule has 1 atom stereocenters. The highest BCUT2D eigenvalue weighted by atomic mass is 32.2. The lowest BCUT2D eigenvalue weighted by Gasteiger charge is -2.28. The van der Waals surface area contributed by atoms with Crippen LogP contribution in [0.15, 0.2) is 54.6 Å². The number of carbonyl (C=O) groups is 2. The number of hydrogen-bond acceptors (Lipinski definition) is 7. The van der Waals surface area contributed by atoms with Gasteiger partial charge in [0, 0.05) is 24.2 Å². The Balaban J connectivity index is 1.31. The van der Waals surface area contributed by atoms with Gasteiger partial charge >= 0.3 is 0 Å². The number of thioether (sulfide) groups is 1. The van der Waals surface area contributed by atoms with Gasteiger partial charge in [-0.05, 0) is 77.9 Å². The summed E-state index contributed by atoms with van der Waals surface area (Å²) in [4.78, 5) is 28.5. The van der Waals surface area contributed by atoms with Crippen LogP contribution in [0.25, 0.3) is 11.0 Å². The van der Waals surface area contributed by atoms with E-state index in [0.29, 0.717) is 29.4 Å². The van der Waals surface area contributed by atoms with Crippen molar-refractivity contribution in [2.45, 2.75) is 77.1 Å². The molecule has 43 heavy (non-hydrogen) atoms. The minimum absolute atomic E-state index is 0.255. The minimum Gasteiger partial charge on any atom is -0.507 e. The second-order valence-corrected chi connectivity index (χ2v) is 14.9. The molecular weight excluding hydrogens is 562 g/mol. The average molecular weight is 602 g/mol. The van der Waals surface area contributed by atoms with Gasteiger partial charge in [-0.15, -0.1) is 0 Å². The van der Waals surface area contributed by atoms with Crippen LogP contribution in [0.3, 0.4) is 0 Å². The average Bonchev–Trinajstić information content (AvgIpc) is 3.36. The Hall–Kier alpha value is -3.98. The summed E-state index contributed by atoms with van der Waals surface area (Å²) >= 11 is 1.03. The predicted octanol–water partition coefficient (Wildman–Crippen LogP) is 7.53. The number of aromatic hydroxyl groups is 1. The molecule has 0 saturated carbocycles. The SMILES string of the molecule is Cn1c(COc2ccc(CC3(C)SC(=O)NC3=O)cc2)nc2ccc(Oc3cc(C(C)(C)C)c(O)c(C(C)(C)C)c3)cc21. The summed E-state index contributed by atoms with van der Waals surface area (Å²) in [6.45, 7) is 14.5. The number of benzene rings is 3. The molecule has 0 aliphatic carbocycles. The van der Waals surface area contributed by atoms with Crippen molar-refractivity contribution in [1.29, 1.82) is 0 Å². The molecule has 0 spiro atoms. The molecule has 1 aliphatic heterocycles. The predicted molar refractivity (Wildman–Crippen MR) is 170 cm³/mol. The van der Waals surface area contributed by atoms with E-state index >= 15 is 0 Å². The van der Waals surface area contributed by atoms with E-state index in [1.807, 2.05) is 66.2 Å². The van der Waals surface area contributed by atoms with Crippen LogP contribution in [0.1, 0.15) is 71.0 Å². The van der Waals surface area contributed by atoms with Gasteiger partial charge in [-0.3, -0.25) is 14.9 Å². The molecule has 8 nitrogen and oxygen atoms in total. The Morgan fingerprint density at radius 1 is 0.907 bits per heavy atom. The van der Waals surface area contributed by atoms with Crippen molar-refractivity contribution in [2.75, 3.05) is 0 Å². The van der Waals surface area contributed by atoms with Gasteiger partial charge in [0.25, 0.3) is 5.24 Å². The number of nitrogens with zero attached hydrogens (tertiary/aromatic N) is 2. The largest absolute Gasteiger partial charge is 0.507 e. The molecule has 226 valence electrons. The fourth-order valence-electron chi connectivity index (χ4n) is 5.22. The monoisotopic (exact) mass is 601 g/mol. The number of carbonyl (C=O) groups excluding carboxylic acids is 2. The summed E-state index contributed by atoms with van der Waals surface area (Å²) in [5, 5.41) is 13.1. The van der Waals surface area contributed by atoms with E-state index in [2.05, 4.69) is 46.9 Å². The van der Waals surface area contributed by atoms with Crippen molar-refractivity contribution < 1.29 is 24.2 Å². The minimum atomic E-state index is -0.804. The number of imidazole rings is 1. The Kier molecular flexibility index (Phi) is 7.75. The van der Waals surface area contributed by atoms with E-state index < -0.39 is 4.75 Å². The zero-order valence-electron chi connectivity index (χ0n) is 26.0. The first-order chi connectivity index (χ1) is 20.0. The maximum Gasteiger partial charge on any atom is 0.286 e. The number of amides is 2. The number of aromatic nitrogens is 2. The smallest absolute Gasteiger partial charge is 0.286 e. The topological polar surface area (TPSA) is 103 Å². The zero-order chi connectivity index (χ0) is 31.3. The molecule has 1 fully saturated rings. The van der Waals surface area contributed by atoms with Gasteiger partial charge in [-0.25, -0.2) is 4.98 Å². The van der Waals surface area contributed by atoms with Gasteiger partial charge in [0.1, 0.15) is 40.2 Å². The summed E-state index contributed by atoms with van der Waals surface area (Å²) in [6, 6.07) is 17.2. The maximum atomic E-state index is 12.2. The number of phenols is 1. The van der Waals surface area contributed by atoms with Crippen LogP contribution in [0.2, 0.25) is 0 Å². The Morgan fingerprint density at radius 3 is 2.07 bits per heavy atom. The van der Waals surface area contributed by atoms with Gasteiger partial charge in [0.05, 0.1) is 11.0 Å². The van der Waals surface area contributed by atoms with E-state index in [4.69, 9.17) is 14.5 Å². The van der Waals surface area contributed by atoms with Gasteiger partial charge in [0.2, 0.25) is 5.91 Å². The molecule has 1 aromatic heterocycles. The van der Waals surface area contributed by atoms with E-state index in [1.54, 1.807) is 6.92 Å². The Morgan fingerprint density at radius 2 is 1.51 bits per heavy atom. The first kappa shape index (κ1) is 30.5. The second kappa shape index (κ2) is 10.9. The summed E-state index contributed by atoms with van der Waals surface area (Å²) < 4.78 is 13.6. The highest BCUT2D eigenvalue weighted by Crippen LogP contribution is 2.43. The van der Waals surface area contributed by atoms with Crippen LogP contribution < -0.4 is 14.8 Å². The summed E-state index contributed by atoms with van der Waals surface area (Å²) in [5.41, 5.74) is 3.86. The van der Waals surface area contributed by atoms with Crippen LogP contribution in [0.5, 0.6) is 23.0 Å². The first-order valence-corrected chi connectivity index (χ1v) is 15.1. The molecule has 3 aromatic carbocycles. The third kappa shape index (κ3) is 6.37. The van der Waals surface area contributed by atoms with Crippen molar-refractivity contribution in [2.24, 2.45) is 7.05 Å². The molecule has 1 saturated heterocycles. The summed E-state index contributed by atoms with van der Waals surface area (Å²) in [7, 11) is 1.95. The third-order valence-electron chi connectivity index (χ3n) is 7.73. The molecule has 0 radical (unpaired) electrons. The van der Waals surface area contributed by atoms with Crippen molar-refractivity contribution in [3.8, 4) is 23.0 Å². The second-order valence-electron chi connectivity index (χ2n) is 13.4. The molecular formula is C34H39N3O5S. The van der Waals surface area contributed by atoms with Gasteiger partial charge in [-0.2, -0.15) is 0 Å². The lowest BCUT2D eigenvalue weighted by molar-refractivity contribution is -0.121. The van der Waals surface area contributed by atoms with Crippen molar-refractivity contribution in [1.82, 2.24) is 14.9 Å². The number of ether oxygens (including phenoxy) is 2. The van der Waals surface area contributed by atoms with E-state index in [1.165, 1.54) is 0 Å². The number of fused-ring (bicyclic) bond motifs is 1. The first-order valence-electron chi connectivity index (χ1n) is 14.3. The zero-order valence-corrected chi connectivity index (χ0v) is 26.8. The lowest BCUT2D eigenvalue weighted by Crippen LogP contribution is -2.35. The highest BCUT2D eigenvalue weighted by molar-refractivity contribution is 8.16. The number of rotatable bonds is 7. The summed E-state index contributed by atoms with van der Waals surface area (Å²) in [6.07, 6.45) is 0.448. The fourth-order valence-corrected chi connectivity index (χ4v) is 6.15. The highest BCUT2D eigenvalue weighted by Gasteiger charge is 2.43. The number of nitrogens with one attached hydrogen (secondary N) is 1. The van der Waals surface area contributed by atoms with Crippen LogP contribution in [-0.2, 0) is 35.7 Å². The summed E-state index contributed by atoms with van der Waals surface area (Å²) in [5.74, 6) is 2.85. The number of hydrogen-bond donors (Lipinski definition) is 2. The Labute approximate surface area is 256 Å². The number of imide groups is 1. The maximum absolute atomic E-state index is 12.2. The Bertz CT molecular complexity index is 1680.